The van der Waals surface area contributed by atoms with Crippen molar-refractivity contribution in [2.45, 2.75) is 87.5 Å². The highest BCUT2D eigenvalue weighted by molar-refractivity contribution is 5.90. The van der Waals surface area contributed by atoms with Crippen LogP contribution in [0.5, 0.6) is 0 Å². The number of nitrogens with zero attached hydrogens (tertiary/aromatic N) is 5. The molecule has 4 aliphatic rings. The maximum Gasteiger partial charge on any atom is 0.242 e. The fourth-order valence-corrected chi connectivity index (χ4v) is 6.81. The van der Waals surface area contributed by atoms with Gasteiger partial charge < -0.3 is 35.4 Å². The molecule has 3 amide bonds. The van der Waals surface area contributed by atoms with Crippen molar-refractivity contribution in [2.24, 2.45) is 0 Å². The highest BCUT2D eigenvalue weighted by atomic mass is 19.1. The molecular weight excluding hydrogens is 573 g/mol. The van der Waals surface area contributed by atoms with Crippen LogP contribution in [-0.2, 0) is 19.1 Å². The lowest BCUT2D eigenvalue weighted by atomic mass is 9.95. The van der Waals surface area contributed by atoms with Crippen molar-refractivity contribution in [1.82, 2.24) is 35.4 Å². The Morgan fingerprint density at radius 3 is 2.55 bits per heavy atom. The molecule has 238 valence electrons. The highest BCUT2D eigenvalue weighted by Crippen LogP contribution is 2.30. The number of carbonyl (C=O) groups excluding carboxylic acids is 3. The van der Waals surface area contributed by atoms with Crippen LogP contribution in [0.1, 0.15) is 51.0 Å². The molecule has 0 radical (unpaired) electrons. The number of aliphatic hydroxyl groups excluding tert-OH is 2. The summed E-state index contributed by atoms with van der Waals surface area (Å²) in [7, 11) is 0. The molecule has 6 atom stereocenters. The maximum atomic E-state index is 13.8. The van der Waals surface area contributed by atoms with Crippen LogP contribution in [0.2, 0.25) is 0 Å². The van der Waals surface area contributed by atoms with E-state index in [0.29, 0.717) is 30.3 Å². The minimum Gasteiger partial charge on any atom is -0.388 e. The fraction of sp³-hybridized carbons (Fsp3) is 0.633. The summed E-state index contributed by atoms with van der Waals surface area (Å²) in [6.45, 7) is 0.760. The number of piperidine rings is 1. The largest absolute Gasteiger partial charge is 0.388 e. The Hall–Kier alpha value is -3.46. The summed E-state index contributed by atoms with van der Waals surface area (Å²) in [5, 5.41) is 36.0. The summed E-state index contributed by atoms with van der Waals surface area (Å²) in [6, 6.07) is 5.20. The summed E-state index contributed by atoms with van der Waals surface area (Å²) in [5.74, 6) is -1.47. The number of benzene rings is 1. The van der Waals surface area contributed by atoms with E-state index in [9.17, 15) is 29.0 Å². The molecule has 4 heterocycles. The van der Waals surface area contributed by atoms with Crippen LogP contribution in [-0.4, -0.2) is 122 Å². The number of amides is 3. The Balaban J connectivity index is 1.21. The van der Waals surface area contributed by atoms with Crippen LogP contribution >= 0.6 is 0 Å². The van der Waals surface area contributed by atoms with Crippen molar-refractivity contribution in [3.8, 4) is 11.3 Å². The Morgan fingerprint density at radius 1 is 1.02 bits per heavy atom. The minimum absolute atomic E-state index is 0.0853. The number of aliphatic hydroxyl groups is 2. The second kappa shape index (κ2) is 13.3. The molecule has 1 aromatic carbocycles. The zero-order valence-corrected chi connectivity index (χ0v) is 24.6. The molecule has 1 saturated carbocycles. The molecular formula is C30H40FN7O6. The van der Waals surface area contributed by atoms with E-state index in [4.69, 9.17) is 4.74 Å². The third-order valence-corrected chi connectivity index (χ3v) is 9.39. The van der Waals surface area contributed by atoms with E-state index in [-0.39, 0.29) is 62.7 Å². The normalized spacial score (nSPS) is 30.5. The zero-order chi connectivity index (χ0) is 30.8. The van der Waals surface area contributed by atoms with E-state index in [1.54, 1.807) is 23.0 Å². The van der Waals surface area contributed by atoms with Gasteiger partial charge >= 0.3 is 0 Å². The second-order valence-corrected chi connectivity index (χ2v) is 12.3. The number of fused-ring (bicyclic) bond motifs is 3. The fourth-order valence-electron chi connectivity index (χ4n) is 6.81. The third-order valence-electron chi connectivity index (χ3n) is 9.39. The Bertz CT molecular complexity index is 1340. The number of halogens is 1. The lowest BCUT2D eigenvalue weighted by molar-refractivity contribution is -0.147. The summed E-state index contributed by atoms with van der Waals surface area (Å²) in [5.41, 5.74) is 1.26. The highest BCUT2D eigenvalue weighted by Gasteiger charge is 2.45. The predicted molar refractivity (Wildman–Crippen MR) is 154 cm³/mol. The van der Waals surface area contributed by atoms with Gasteiger partial charge in [0.15, 0.2) is 0 Å². The van der Waals surface area contributed by atoms with E-state index < -0.39 is 36.4 Å². The standard InChI is InChI=1S/C30H40FN7O6/c31-19-7-5-18(6-8-19)22-16-38(35-34-22)21-9-11-37-23(13-21)30(43)33-15-25-29(42)28(41)24(44-25)14-26(39)36(17-27(37)40)12-10-32-20-3-1-2-4-20/h5-8,16,20-21,23-25,28-29,32,41-42H,1-4,9-15,17H2,(H,33,43)/t21-,23+,24+,25-,28?,29?/m1/s1. The van der Waals surface area contributed by atoms with Gasteiger partial charge in [-0.3, -0.25) is 14.4 Å². The third kappa shape index (κ3) is 6.63. The van der Waals surface area contributed by atoms with Crippen LogP contribution in [0.25, 0.3) is 11.3 Å². The topological polar surface area (TPSA) is 162 Å². The van der Waals surface area contributed by atoms with Gasteiger partial charge in [0.05, 0.1) is 31.3 Å². The van der Waals surface area contributed by atoms with E-state index in [2.05, 4.69) is 20.9 Å². The van der Waals surface area contributed by atoms with Gasteiger partial charge in [-0.15, -0.1) is 5.10 Å². The second-order valence-electron chi connectivity index (χ2n) is 12.3. The van der Waals surface area contributed by atoms with Crippen molar-refractivity contribution >= 4 is 17.7 Å². The molecule has 2 bridgehead atoms. The molecule has 4 fully saturated rings. The Kier molecular flexibility index (Phi) is 9.21. The number of hydrogen-bond donors (Lipinski definition) is 4. The Morgan fingerprint density at radius 2 is 1.77 bits per heavy atom. The molecule has 14 heteroatoms. The van der Waals surface area contributed by atoms with Crippen molar-refractivity contribution in [3.63, 3.8) is 0 Å². The summed E-state index contributed by atoms with van der Waals surface area (Å²) in [6.07, 6.45) is 2.40. The molecule has 2 aromatic rings. The van der Waals surface area contributed by atoms with E-state index in [1.165, 1.54) is 34.8 Å². The molecule has 1 aromatic heterocycles. The smallest absolute Gasteiger partial charge is 0.242 e. The molecule has 4 N–H and O–H groups in total. The number of ether oxygens (including phenoxy) is 1. The van der Waals surface area contributed by atoms with Gasteiger partial charge in [0, 0.05) is 37.8 Å². The number of nitrogens with one attached hydrogen (secondary N) is 2. The molecule has 1 aliphatic carbocycles. The van der Waals surface area contributed by atoms with Crippen LogP contribution in [0.4, 0.5) is 4.39 Å². The van der Waals surface area contributed by atoms with Gasteiger partial charge in [0.1, 0.15) is 35.9 Å². The van der Waals surface area contributed by atoms with Crippen molar-refractivity contribution in [3.05, 3.63) is 36.3 Å². The van der Waals surface area contributed by atoms with E-state index in [0.717, 1.165) is 12.8 Å². The zero-order valence-electron chi connectivity index (χ0n) is 24.6. The lowest BCUT2D eigenvalue weighted by Gasteiger charge is -2.39. The molecule has 3 saturated heterocycles. The molecule has 0 spiro atoms. The predicted octanol–water partition coefficient (Wildman–Crippen LogP) is -0.0138. The number of rotatable bonds is 6. The van der Waals surface area contributed by atoms with Gasteiger partial charge in [0.25, 0.3) is 0 Å². The van der Waals surface area contributed by atoms with Gasteiger partial charge in [-0.25, -0.2) is 9.07 Å². The van der Waals surface area contributed by atoms with Gasteiger partial charge in [-0.05, 0) is 49.9 Å². The van der Waals surface area contributed by atoms with Gasteiger partial charge in [-0.2, -0.15) is 0 Å². The minimum atomic E-state index is -1.30. The van der Waals surface area contributed by atoms with E-state index >= 15 is 0 Å². The molecule has 13 nitrogen and oxygen atoms in total. The van der Waals surface area contributed by atoms with Crippen molar-refractivity contribution in [2.75, 3.05) is 32.7 Å². The maximum absolute atomic E-state index is 13.8. The summed E-state index contributed by atoms with van der Waals surface area (Å²) >= 11 is 0. The Labute approximate surface area is 254 Å². The first-order chi connectivity index (χ1) is 21.3. The lowest BCUT2D eigenvalue weighted by Crippen LogP contribution is -2.57. The number of aromatic nitrogens is 3. The van der Waals surface area contributed by atoms with Gasteiger partial charge in [-0.1, -0.05) is 18.1 Å². The molecule has 3 aliphatic heterocycles. The van der Waals surface area contributed by atoms with Crippen LogP contribution in [0.3, 0.4) is 0 Å². The van der Waals surface area contributed by atoms with Crippen molar-refractivity contribution < 1.29 is 33.7 Å². The summed E-state index contributed by atoms with van der Waals surface area (Å²) < 4.78 is 20.9. The van der Waals surface area contributed by atoms with Crippen LogP contribution in [0, 0.1) is 5.82 Å². The van der Waals surface area contributed by atoms with Crippen LogP contribution < -0.4 is 10.6 Å². The molecule has 44 heavy (non-hydrogen) atoms. The monoisotopic (exact) mass is 613 g/mol. The first-order valence-corrected chi connectivity index (χ1v) is 15.5. The molecule has 2 unspecified atom stereocenters. The number of carbonyl (C=O) groups is 3. The average Bonchev–Trinajstić information content (AvgIpc) is 3.78. The SMILES string of the molecule is O=C1NC[C@H]2O[C@@H](CC(=O)N(CCNC3CCCC3)CC(=O)N3CC[C@@H](n4cc(-c5ccc(F)cc5)nn4)C[C@@H]13)C(O)C2O. The first kappa shape index (κ1) is 30.6. The quantitative estimate of drug-likeness (QED) is 0.351. The summed E-state index contributed by atoms with van der Waals surface area (Å²) in [4.78, 5) is 43.8. The van der Waals surface area contributed by atoms with Crippen molar-refractivity contribution in [1.29, 1.82) is 0 Å². The van der Waals surface area contributed by atoms with Crippen LogP contribution in [0.15, 0.2) is 30.5 Å². The average molecular weight is 614 g/mol. The molecule has 6 rings (SSSR count). The number of hydrogen-bond acceptors (Lipinski definition) is 9. The first-order valence-electron chi connectivity index (χ1n) is 15.5. The van der Waals surface area contributed by atoms with E-state index in [1.807, 2.05) is 0 Å². The van der Waals surface area contributed by atoms with Gasteiger partial charge in [0.2, 0.25) is 17.7 Å².